The van der Waals surface area contributed by atoms with E-state index in [0.717, 1.165) is 53.8 Å². The minimum Gasteiger partial charge on any atom is -0.481 e. The Kier molecular flexibility index (Phi) is 52.0. The van der Waals surface area contributed by atoms with Crippen molar-refractivity contribution in [1.29, 1.82) is 0 Å². The Morgan fingerprint density at radius 2 is 0.632 bits per heavy atom. The largest absolute Gasteiger partial charge is 0.481 e. The lowest BCUT2D eigenvalue weighted by Gasteiger charge is -2.50. The molecular formula is C117H199N7O8S. The fourth-order valence-electron chi connectivity index (χ4n) is 23.5. The second kappa shape index (κ2) is 58.8. The number of carbonyl (C=O) groups excluding carboxylic acids is 4. The van der Waals surface area contributed by atoms with E-state index < -0.39 is 16.0 Å². The molecule has 7 saturated carbocycles. The van der Waals surface area contributed by atoms with Crippen molar-refractivity contribution < 1.29 is 37.5 Å². The van der Waals surface area contributed by atoms with Gasteiger partial charge >= 0.3 is 5.97 Å². The molecule has 15 nitrogen and oxygen atoms in total. The molecule has 7 N–H and O–H groups in total. The number of hydrogen-bond acceptors (Lipinski definition) is 9. The molecule has 16 heteroatoms. The van der Waals surface area contributed by atoms with Gasteiger partial charge < -0.3 is 31.7 Å². The molecule has 0 spiro atoms. The molecule has 0 heterocycles. The molecule has 756 valence electrons. The van der Waals surface area contributed by atoms with Gasteiger partial charge in [0.15, 0.2) is 0 Å². The Labute approximate surface area is 815 Å². The monoisotopic (exact) mass is 1860 g/mol. The predicted octanol–water partition coefficient (Wildman–Crippen LogP) is 28.4. The summed E-state index contributed by atoms with van der Waals surface area (Å²) in [4.78, 5) is 61.5. The van der Waals surface area contributed by atoms with Crippen LogP contribution >= 0.6 is 0 Å². The van der Waals surface area contributed by atoms with Crippen LogP contribution in [-0.2, 0) is 47.9 Å². The van der Waals surface area contributed by atoms with Gasteiger partial charge in [-0.2, -0.15) is 0 Å². The number of amides is 4. The smallest absolute Gasteiger partial charge is 0.303 e. The number of carboxylic acids is 1. The molecule has 0 bridgehead atoms. The zero-order valence-electron chi connectivity index (χ0n) is 89.2. The highest BCUT2D eigenvalue weighted by atomic mass is 32.2. The molecular weight excluding hydrogens is 1660 g/mol. The minimum atomic E-state index is -3.34. The lowest BCUT2D eigenvalue weighted by molar-refractivity contribution is -0.137. The van der Waals surface area contributed by atoms with Crippen LogP contribution in [0.4, 0.5) is 0 Å². The summed E-state index contributed by atoms with van der Waals surface area (Å²) in [6.45, 7) is 57.0. The van der Waals surface area contributed by atoms with Crippen LogP contribution in [0.3, 0.4) is 0 Å². The van der Waals surface area contributed by atoms with Gasteiger partial charge in [0, 0.05) is 70.6 Å². The maximum Gasteiger partial charge on any atom is 0.303 e. The van der Waals surface area contributed by atoms with Crippen LogP contribution in [0.1, 0.15) is 437 Å². The molecule has 4 aromatic carbocycles. The van der Waals surface area contributed by atoms with Crippen molar-refractivity contribution in [2.45, 2.75) is 468 Å². The molecule has 0 aliphatic heterocycles. The van der Waals surface area contributed by atoms with Gasteiger partial charge in [0.1, 0.15) is 0 Å². The Hall–Kier alpha value is -5.94. The lowest BCUT2D eigenvalue weighted by atomic mass is 9.69. The maximum atomic E-state index is 12.7. The molecule has 0 radical (unpaired) electrons. The normalized spacial score (nSPS) is 20.4. The number of sulfonamides is 1. The van der Waals surface area contributed by atoms with Crippen molar-refractivity contribution in [3.05, 3.63) is 144 Å². The zero-order chi connectivity index (χ0) is 98.6. The topological polar surface area (TPSA) is 215 Å². The van der Waals surface area contributed by atoms with E-state index in [1.54, 1.807) is 6.92 Å². The maximum absolute atomic E-state index is 12.7. The number of hydrogen-bond donors (Lipinski definition) is 7. The first-order valence-corrected chi connectivity index (χ1v) is 55.7. The first kappa shape index (κ1) is 118. The first-order valence-electron chi connectivity index (χ1n) is 54.0. The fourth-order valence-corrected chi connectivity index (χ4v) is 25.3. The van der Waals surface area contributed by atoms with Crippen LogP contribution in [-0.4, -0.2) is 99.9 Å². The predicted molar refractivity (Wildman–Crippen MR) is 563 cm³/mol. The number of nitrogens with zero attached hydrogens (tertiary/aromatic N) is 1. The summed E-state index contributed by atoms with van der Waals surface area (Å²) >= 11 is 0. The number of carbonyl (C=O) groups is 5. The van der Waals surface area contributed by atoms with Crippen molar-refractivity contribution in [3.63, 3.8) is 0 Å². The number of benzene rings is 4. The highest BCUT2D eigenvalue weighted by Gasteiger charge is 2.46. The van der Waals surface area contributed by atoms with Crippen molar-refractivity contribution in [1.82, 2.24) is 36.2 Å². The van der Waals surface area contributed by atoms with Crippen molar-refractivity contribution in [2.75, 3.05) is 13.1 Å². The Balaban J connectivity index is 0.000000275. The van der Waals surface area contributed by atoms with E-state index in [-0.39, 0.29) is 75.0 Å². The first-order chi connectivity index (χ1) is 62.9. The number of carboxylic acid groups (broad SMARTS) is 1. The van der Waals surface area contributed by atoms with E-state index >= 15 is 0 Å². The van der Waals surface area contributed by atoms with E-state index in [1.807, 2.05) is 91.0 Å². The molecule has 4 aromatic rings. The van der Waals surface area contributed by atoms with E-state index in [4.69, 9.17) is 5.11 Å². The third-order valence-corrected chi connectivity index (χ3v) is 36.2. The van der Waals surface area contributed by atoms with Gasteiger partial charge in [0.2, 0.25) is 27.7 Å². The van der Waals surface area contributed by atoms with E-state index in [0.29, 0.717) is 84.0 Å². The SMILES string of the molecule is CC(=O)N[C@](C)(C(C)C)C1CCCCC1.CC(C)[C@@](C)(NC(=O)CCCC(=O)O)C1CCCCC1.CC(C)[C@@](C)(NC(=O)Cc1ccccc1)C1CCCCC1.CC(C)[C@@](C)(NC(=O)c1ccccc1)C1CCCCC1.CC(C)[C@@](C)(NCc1ccccc1)C1CCCCC1.CC(C)[C@@](C)(NS(=O)(=O)Cc1ccccc1)C1CCCCC1.CCN(CC)[C@](C)(C(C)C)C1CCCCC1. The number of rotatable bonds is 35. The summed E-state index contributed by atoms with van der Waals surface area (Å²) in [6.07, 6.45) is 47.2. The van der Waals surface area contributed by atoms with Crippen LogP contribution in [0, 0.1) is 82.9 Å². The second-order valence-corrected chi connectivity index (χ2v) is 46.9. The third-order valence-electron chi connectivity index (χ3n) is 34.7. The molecule has 7 fully saturated rings. The molecule has 11 rings (SSSR count). The highest BCUT2D eigenvalue weighted by Crippen LogP contribution is 2.45. The molecule has 7 aliphatic rings. The summed E-state index contributed by atoms with van der Waals surface area (Å²) in [7, 11) is -3.34. The summed E-state index contributed by atoms with van der Waals surface area (Å²) in [6, 6.07) is 39.8. The van der Waals surface area contributed by atoms with Gasteiger partial charge in [-0.25, -0.2) is 13.1 Å². The summed E-state index contributed by atoms with van der Waals surface area (Å²) in [5.41, 5.74) is 4.07. The van der Waals surface area contributed by atoms with Crippen LogP contribution in [0.25, 0.3) is 0 Å². The van der Waals surface area contributed by atoms with E-state index in [9.17, 15) is 32.4 Å². The van der Waals surface area contributed by atoms with Gasteiger partial charge in [-0.1, -0.05) is 355 Å². The molecule has 7 atom stereocenters. The van der Waals surface area contributed by atoms with Crippen molar-refractivity contribution in [3.8, 4) is 0 Å². The summed E-state index contributed by atoms with van der Waals surface area (Å²) in [5.74, 6) is 7.66. The van der Waals surface area contributed by atoms with Crippen LogP contribution in [0.15, 0.2) is 121 Å². The van der Waals surface area contributed by atoms with Crippen molar-refractivity contribution in [2.24, 2.45) is 82.9 Å². The van der Waals surface area contributed by atoms with Gasteiger partial charge in [-0.3, -0.25) is 28.9 Å². The highest BCUT2D eigenvalue weighted by molar-refractivity contribution is 7.88. The van der Waals surface area contributed by atoms with Crippen LogP contribution in [0.2, 0.25) is 0 Å². The van der Waals surface area contributed by atoms with E-state index in [1.165, 1.54) is 231 Å². The molecule has 0 saturated heterocycles. The number of aliphatic carboxylic acids is 1. The van der Waals surface area contributed by atoms with Gasteiger partial charge in [-0.05, 0) is 270 Å². The average molecular weight is 1860 g/mol. The summed E-state index contributed by atoms with van der Waals surface area (Å²) in [5, 5.41) is 25.6. The van der Waals surface area contributed by atoms with Gasteiger partial charge in [0.25, 0.3) is 5.91 Å². The molecule has 7 aliphatic carbocycles. The standard InChI is InChI=1S/C19H29NO.C18H29NO2S.C18H27NO.C18H29N.C16H29NO3.C15H31N.C13H25NO/c1-15(2)19(3,17-12-8-5-9-13-17)20-18(21)14-16-10-6-4-7-11-16;1-15(2)18(3,17-12-8-5-9-13-17)19-22(20,21)14-16-10-6-4-7-11-16;1-14(2)18(3,16-12-8-5-9-13-16)19-17(20)15-10-6-4-7-11-15;1-15(2)18(3,17-12-8-5-9-13-17)19-14-16-10-6-4-7-11-16;1-12(2)16(3,13-8-5-4-6-9-13)17-14(18)10-7-11-15(19)20;1-6-16(7-2)15(5,13(3)4)14-11-9-8-10-12-14;1-10(2)13(4,14-11(3)15)12-8-6-5-7-9-12/h4,6-7,10-11,15,17H,5,8-9,12-14H2,1-3H3,(H,20,21);4,6-7,10-11,15,17,19H,5,8-9,12-14H2,1-3H3;4,6-7,10-11,14,16H,5,8-9,12-13H2,1-3H3,(H,19,20);4,6-7,10-11,15,17,19H,5,8-9,12-14H2,1-3H3;12-13H,4-11H2,1-3H3,(H,17,18)(H,19,20);13-14H,6-12H2,1-5H3;10,12H,5-9H2,1-4H3,(H,14,15)/t19-;3*18-;16-;15-;13-/m1111111/s1. The number of nitrogens with one attached hydrogen (secondary N) is 6. The van der Waals surface area contributed by atoms with Crippen molar-refractivity contribution >= 4 is 39.6 Å². The Morgan fingerprint density at radius 1 is 0.346 bits per heavy atom. The third kappa shape index (κ3) is 37.6. The molecule has 133 heavy (non-hydrogen) atoms. The molecule has 0 aromatic heterocycles. The molecule has 4 amide bonds. The quantitative estimate of drug-likeness (QED) is 0.0231. The minimum absolute atomic E-state index is 0.00646. The second-order valence-electron chi connectivity index (χ2n) is 45.2. The van der Waals surface area contributed by atoms with Crippen LogP contribution < -0.4 is 31.3 Å². The Morgan fingerprint density at radius 3 is 0.947 bits per heavy atom. The van der Waals surface area contributed by atoms with Gasteiger partial charge in [0.05, 0.1) is 12.2 Å². The Bertz CT molecular complexity index is 3970. The molecule has 0 unspecified atom stereocenters. The zero-order valence-corrected chi connectivity index (χ0v) is 90.0. The van der Waals surface area contributed by atoms with Crippen LogP contribution in [0.5, 0.6) is 0 Å². The fraction of sp³-hybridized carbons (Fsp3) is 0.752. The van der Waals surface area contributed by atoms with Gasteiger partial charge in [-0.15, -0.1) is 0 Å². The lowest BCUT2D eigenvalue weighted by Crippen LogP contribution is -2.56. The average Bonchev–Trinajstić information content (AvgIpc) is 0.893. The van der Waals surface area contributed by atoms with E-state index in [2.05, 4.69) is 226 Å². The summed E-state index contributed by atoms with van der Waals surface area (Å²) < 4.78 is 28.4.